The fraction of sp³-hybridized carbons (Fsp3) is 0.125. The molecule has 0 atom stereocenters. The highest BCUT2D eigenvalue weighted by molar-refractivity contribution is 5.85. The third-order valence-electron chi connectivity index (χ3n) is 1.82. The number of hydrogen-bond donors (Lipinski definition) is 0. The Hall–Kier alpha value is -1.21. The molecular formula is C8H13Cl2N3O3. The van der Waals surface area contributed by atoms with Crippen LogP contribution in [0.5, 0.6) is 0 Å². The smallest absolute Gasteiger partial charge is 0.185 e. The van der Waals surface area contributed by atoms with E-state index >= 15 is 0 Å². The van der Waals surface area contributed by atoms with Gasteiger partial charge in [0.15, 0.2) is 12.1 Å². The Labute approximate surface area is 104 Å². The number of aldehydes is 1. The van der Waals surface area contributed by atoms with Crippen molar-refractivity contribution >= 4 is 42.1 Å². The number of fused-ring (bicyclic) bond motifs is 1. The number of nitrogens with zero attached hydrogens (tertiary/aromatic N) is 3. The van der Waals surface area contributed by atoms with Gasteiger partial charge in [-0.25, -0.2) is 4.98 Å². The van der Waals surface area contributed by atoms with Crippen LogP contribution in [0.15, 0.2) is 18.5 Å². The van der Waals surface area contributed by atoms with Crippen LogP contribution in [0.3, 0.4) is 0 Å². The third kappa shape index (κ3) is 3.14. The first-order chi connectivity index (χ1) is 5.83. The number of aryl methyl sites for hydroxylation is 1. The number of carbonyl (C=O) groups excluding carboxylic acids is 1. The summed E-state index contributed by atoms with van der Waals surface area (Å²) in [6, 6.07) is 1.83. The van der Waals surface area contributed by atoms with Gasteiger partial charge in [0.2, 0.25) is 0 Å². The molecule has 0 aliphatic carbocycles. The standard InChI is InChI=1S/C8H7N3O.2ClH.2H2O/c1-11-7-2-3-9-4-6(7)10-8(11)5-12;;;;/h2-5H,1H3;2*1H;2*1H2. The maximum atomic E-state index is 10.5. The first kappa shape index (κ1) is 20.2. The predicted octanol–water partition coefficient (Wildman–Crippen LogP) is -0.0250. The summed E-state index contributed by atoms with van der Waals surface area (Å²) in [7, 11) is 1.80. The van der Waals surface area contributed by atoms with E-state index in [-0.39, 0.29) is 35.8 Å². The second kappa shape index (κ2) is 8.00. The lowest BCUT2D eigenvalue weighted by Crippen LogP contribution is -1.94. The van der Waals surface area contributed by atoms with Crippen LogP contribution in [0.2, 0.25) is 0 Å². The zero-order valence-electron chi connectivity index (χ0n) is 8.38. The molecule has 0 spiro atoms. The number of halogens is 2. The molecule has 92 valence electrons. The van der Waals surface area contributed by atoms with Crippen molar-refractivity contribution in [2.45, 2.75) is 0 Å². The van der Waals surface area contributed by atoms with Crippen molar-refractivity contribution in [2.75, 3.05) is 0 Å². The summed E-state index contributed by atoms with van der Waals surface area (Å²) in [6.07, 6.45) is 4.06. The lowest BCUT2D eigenvalue weighted by molar-refractivity contribution is 0.111. The van der Waals surface area contributed by atoms with Gasteiger partial charge in [-0.3, -0.25) is 9.78 Å². The van der Waals surface area contributed by atoms with E-state index in [1.807, 2.05) is 6.07 Å². The van der Waals surface area contributed by atoms with Crippen molar-refractivity contribution < 1.29 is 15.7 Å². The number of imidazole rings is 1. The molecule has 0 bridgehead atoms. The Morgan fingerprint density at radius 1 is 1.31 bits per heavy atom. The first-order valence-electron chi connectivity index (χ1n) is 3.54. The maximum Gasteiger partial charge on any atom is 0.185 e. The van der Waals surface area contributed by atoms with Crippen LogP contribution >= 0.6 is 24.8 Å². The van der Waals surface area contributed by atoms with E-state index in [0.29, 0.717) is 5.82 Å². The molecule has 0 saturated heterocycles. The molecule has 6 nitrogen and oxygen atoms in total. The van der Waals surface area contributed by atoms with Gasteiger partial charge in [-0.15, -0.1) is 24.8 Å². The summed E-state index contributed by atoms with van der Waals surface area (Å²) in [5.74, 6) is 0.429. The van der Waals surface area contributed by atoms with Gasteiger partial charge in [-0.05, 0) is 6.07 Å². The molecule has 2 aromatic heterocycles. The van der Waals surface area contributed by atoms with E-state index in [9.17, 15) is 4.79 Å². The van der Waals surface area contributed by atoms with Gasteiger partial charge in [-0.1, -0.05) is 0 Å². The van der Waals surface area contributed by atoms with Crippen molar-refractivity contribution in [1.29, 1.82) is 0 Å². The maximum absolute atomic E-state index is 10.5. The van der Waals surface area contributed by atoms with E-state index in [0.717, 1.165) is 17.3 Å². The Morgan fingerprint density at radius 3 is 2.44 bits per heavy atom. The Balaban J connectivity index is -0.000000422. The zero-order chi connectivity index (χ0) is 8.55. The molecule has 0 fully saturated rings. The van der Waals surface area contributed by atoms with Gasteiger partial charge in [-0.2, -0.15) is 0 Å². The Morgan fingerprint density at radius 2 is 1.94 bits per heavy atom. The van der Waals surface area contributed by atoms with Crippen LogP contribution in [-0.2, 0) is 7.05 Å². The highest BCUT2D eigenvalue weighted by Gasteiger charge is 2.04. The van der Waals surface area contributed by atoms with Gasteiger partial charge in [0, 0.05) is 13.2 Å². The van der Waals surface area contributed by atoms with Crippen LogP contribution in [0.1, 0.15) is 10.6 Å². The molecule has 0 saturated carbocycles. The second-order valence-electron chi connectivity index (χ2n) is 2.51. The average molecular weight is 270 g/mol. The van der Waals surface area contributed by atoms with Crippen molar-refractivity contribution in [1.82, 2.24) is 14.5 Å². The minimum Gasteiger partial charge on any atom is -0.412 e. The lowest BCUT2D eigenvalue weighted by Gasteiger charge is -1.92. The van der Waals surface area contributed by atoms with Crippen LogP contribution in [-0.4, -0.2) is 31.8 Å². The highest BCUT2D eigenvalue weighted by Crippen LogP contribution is 2.10. The first-order valence-corrected chi connectivity index (χ1v) is 3.54. The third-order valence-corrected chi connectivity index (χ3v) is 1.82. The van der Waals surface area contributed by atoms with Gasteiger partial charge in [0.25, 0.3) is 0 Å². The Kier molecular flexibility index (Phi) is 10.1. The van der Waals surface area contributed by atoms with Crippen LogP contribution in [0.25, 0.3) is 11.0 Å². The van der Waals surface area contributed by atoms with Gasteiger partial charge < -0.3 is 15.5 Å². The molecule has 2 rings (SSSR count). The number of rotatable bonds is 1. The fourth-order valence-electron chi connectivity index (χ4n) is 1.18. The molecule has 16 heavy (non-hydrogen) atoms. The number of hydrogen-bond acceptors (Lipinski definition) is 3. The van der Waals surface area contributed by atoms with Crippen molar-refractivity contribution in [2.24, 2.45) is 7.05 Å². The van der Waals surface area contributed by atoms with E-state index in [2.05, 4.69) is 9.97 Å². The monoisotopic (exact) mass is 269 g/mol. The minimum atomic E-state index is 0. The van der Waals surface area contributed by atoms with E-state index in [4.69, 9.17) is 0 Å². The number of aromatic nitrogens is 3. The summed E-state index contributed by atoms with van der Waals surface area (Å²) in [6.45, 7) is 0. The van der Waals surface area contributed by atoms with Crippen LogP contribution in [0, 0.1) is 0 Å². The van der Waals surface area contributed by atoms with Crippen molar-refractivity contribution in [3.05, 3.63) is 24.3 Å². The molecule has 0 aliphatic heterocycles. The lowest BCUT2D eigenvalue weighted by atomic mass is 10.4. The number of carbonyl (C=O) groups is 1. The summed E-state index contributed by atoms with van der Waals surface area (Å²) >= 11 is 0. The van der Waals surface area contributed by atoms with Gasteiger partial charge in [0.1, 0.15) is 5.52 Å². The molecule has 0 unspecified atom stereocenters. The SMILES string of the molecule is Cl.Cl.Cn1c(C=O)nc2cnccc21.O.O. The molecule has 0 amide bonds. The second-order valence-corrected chi connectivity index (χ2v) is 2.51. The zero-order valence-corrected chi connectivity index (χ0v) is 10.0. The van der Waals surface area contributed by atoms with E-state index in [1.165, 1.54) is 0 Å². The van der Waals surface area contributed by atoms with Crippen molar-refractivity contribution in [3.8, 4) is 0 Å². The molecule has 0 radical (unpaired) electrons. The summed E-state index contributed by atoms with van der Waals surface area (Å²) in [5, 5.41) is 0. The van der Waals surface area contributed by atoms with Gasteiger partial charge in [0.05, 0.1) is 11.7 Å². The van der Waals surface area contributed by atoms with Crippen LogP contribution < -0.4 is 0 Å². The average Bonchev–Trinajstić information content (AvgIpc) is 2.44. The largest absolute Gasteiger partial charge is 0.412 e. The molecule has 2 aromatic rings. The molecule has 8 heteroatoms. The summed E-state index contributed by atoms with van der Waals surface area (Å²) in [4.78, 5) is 18.5. The molecule has 0 aliphatic rings. The fourth-order valence-corrected chi connectivity index (χ4v) is 1.18. The molecule has 4 N–H and O–H groups in total. The molecule has 0 aromatic carbocycles. The van der Waals surface area contributed by atoms with E-state index < -0.39 is 0 Å². The predicted molar refractivity (Wildman–Crippen MR) is 65.6 cm³/mol. The van der Waals surface area contributed by atoms with Crippen molar-refractivity contribution in [3.63, 3.8) is 0 Å². The summed E-state index contributed by atoms with van der Waals surface area (Å²) in [5.41, 5.74) is 1.68. The van der Waals surface area contributed by atoms with E-state index in [1.54, 1.807) is 24.0 Å². The van der Waals surface area contributed by atoms with Gasteiger partial charge >= 0.3 is 0 Å². The normalized spacial score (nSPS) is 7.81. The van der Waals surface area contributed by atoms with Crippen LogP contribution in [0.4, 0.5) is 0 Å². The summed E-state index contributed by atoms with van der Waals surface area (Å²) < 4.78 is 1.74. The molecule has 2 heterocycles. The minimum absolute atomic E-state index is 0. The molecular weight excluding hydrogens is 257 g/mol. The topological polar surface area (TPSA) is 111 Å². The highest BCUT2D eigenvalue weighted by atomic mass is 35.5. The Bertz CT molecular complexity index is 447. The quantitative estimate of drug-likeness (QED) is 0.678. The number of pyridine rings is 1.